The van der Waals surface area contributed by atoms with Crippen LogP contribution in [0.15, 0.2) is 57.5 Å². The Bertz CT molecular complexity index is 622. The van der Waals surface area contributed by atoms with Gasteiger partial charge < -0.3 is 9.80 Å². The summed E-state index contributed by atoms with van der Waals surface area (Å²) in [5.74, 6) is 0. The lowest BCUT2D eigenvalue weighted by molar-refractivity contribution is 0.521. The van der Waals surface area contributed by atoms with Crippen molar-refractivity contribution in [3.05, 3.63) is 57.5 Å². The van der Waals surface area contributed by atoms with Crippen molar-refractivity contribution in [2.45, 2.75) is 37.8 Å². The van der Waals surface area contributed by atoms with Gasteiger partial charge >= 0.3 is 0 Å². The van der Waals surface area contributed by atoms with E-state index < -0.39 is 0 Å². The van der Waals surface area contributed by atoms with Gasteiger partial charge in [0.25, 0.3) is 0 Å². The van der Waals surface area contributed by atoms with Gasteiger partial charge in [-0.05, 0) is 74.2 Å². The van der Waals surface area contributed by atoms with Gasteiger partial charge in [0.1, 0.15) is 0 Å². The normalized spacial score (nSPS) is 23.9. The molecular weight excluding hydrogens is 428 g/mol. The minimum Gasteiger partial charge on any atom is -0.366 e. The zero-order valence-electron chi connectivity index (χ0n) is 13.7. The third-order valence-corrected chi connectivity index (χ3v) is 6.42. The van der Waals surface area contributed by atoms with Crippen LogP contribution in [-0.4, -0.2) is 25.2 Å². The molecule has 0 aliphatic carbocycles. The first-order valence-corrected chi connectivity index (χ1v) is 10.4. The van der Waals surface area contributed by atoms with E-state index >= 15 is 0 Å². The SMILES string of the molecule is Brc1ccc(N2CCC[C@@H]2[C@H]2CCCN2c2ccc(Br)cc2)cc1. The van der Waals surface area contributed by atoms with Crippen molar-refractivity contribution in [3.8, 4) is 0 Å². The van der Waals surface area contributed by atoms with Crippen LogP contribution in [0.1, 0.15) is 25.7 Å². The van der Waals surface area contributed by atoms with Crippen LogP contribution in [0, 0.1) is 0 Å². The summed E-state index contributed by atoms with van der Waals surface area (Å²) >= 11 is 7.10. The lowest BCUT2D eigenvalue weighted by Crippen LogP contribution is -2.46. The second kappa shape index (κ2) is 7.09. The van der Waals surface area contributed by atoms with E-state index in [1.807, 2.05) is 0 Å². The Kier molecular flexibility index (Phi) is 4.86. The Morgan fingerprint density at radius 2 is 1.00 bits per heavy atom. The van der Waals surface area contributed by atoms with Crippen LogP contribution in [0.2, 0.25) is 0 Å². The first-order valence-electron chi connectivity index (χ1n) is 8.77. The topological polar surface area (TPSA) is 6.48 Å². The molecule has 0 radical (unpaired) electrons. The number of anilines is 2. The van der Waals surface area contributed by atoms with Gasteiger partial charge in [-0.3, -0.25) is 0 Å². The molecule has 0 N–H and O–H groups in total. The molecule has 2 aromatic carbocycles. The number of nitrogens with zero attached hydrogens (tertiary/aromatic N) is 2. The highest BCUT2D eigenvalue weighted by atomic mass is 79.9. The molecule has 2 heterocycles. The second-order valence-corrected chi connectivity index (χ2v) is 8.59. The molecule has 0 amide bonds. The van der Waals surface area contributed by atoms with Gasteiger partial charge in [0.2, 0.25) is 0 Å². The summed E-state index contributed by atoms with van der Waals surface area (Å²) in [6.07, 6.45) is 5.19. The van der Waals surface area contributed by atoms with Crippen molar-refractivity contribution in [2.24, 2.45) is 0 Å². The van der Waals surface area contributed by atoms with E-state index in [-0.39, 0.29) is 0 Å². The maximum Gasteiger partial charge on any atom is 0.0494 e. The van der Waals surface area contributed by atoms with E-state index in [1.165, 1.54) is 50.1 Å². The molecule has 24 heavy (non-hydrogen) atoms. The molecule has 0 saturated carbocycles. The Balaban J connectivity index is 1.58. The van der Waals surface area contributed by atoms with Crippen molar-refractivity contribution in [2.75, 3.05) is 22.9 Å². The summed E-state index contributed by atoms with van der Waals surface area (Å²) in [4.78, 5) is 5.27. The van der Waals surface area contributed by atoms with E-state index in [0.29, 0.717) is 12.1 Å². The second-order valence-electron chi connectivity index (χ2n) is 6.76. The Morgan fingerprint density at radius 3 is 1.38 bits per heavy atom. The standard InChI is InChI=1S/C20H22Br2N2/c21-15-5-9-17(10-6-15)23-13-1-3-19(23)20-4-2-14-24(20)18-11-7-16(22)8-12-18/h5-12,19-20H,1-4,13-14H2/t19-,20-/m1/s1. The van der Waals surface area contributed by atoms with Crippen molar-refractivity contribution in [1.29, 1.82) is 0 Å². The predicted octanol–water partition coefficient (Wildman–Crippen LogP) is 5.85. The summed E-state index contributed by atoms with van der Waals surface area (Å²) < 4.78 is 2.30. The fourth-order valence-corrected chi connectivity index (χ4v) is 4.82. The number of halogens is 2. The third kappa shape index (κ3) is 3.23. The van der Waals surface area contributed by atoms with Crippen molar-refractivity contribution in [1.82, 2.24) is 0 Å². The summed E-state index contributed by atoms with van der Waals surface area (Å²) in [5.41, 5.74) is 2.73. The molecule has 2 saturated heterocycles. The molecule has 0 bridgehead atoms. The third-order valence-electron chi connectivity index (χ3n) is 5.36. The lowest BCUT2D eigenvalue weighted by atomic mass is 10.0. The highest BCUT2D eigenvalue weighted by Gasteiger charge is 2.37. The van der Waals surface area contributed by atoms with Crippen LogP contribution in [-0.2, 0) is 0 Å². The van der Waals surface area contributed by atoms with Crippen LogP contribution in [0.4, 0.5) is 11.4 Å². The molecule has 2 atom stereocenters. The van der Waals surface area contributed by atoms with E-state index in [1.54, 1.807) is 0 Å². The Hall–Kier alpha value is -1.00. The lowest BCUT2D eigenvalue weighted by Gasteiger charge is -2.37. The molecule has 2 aliphatic rings. The average molecular weight is 450 g/mol. The molecular formula is C20H22Br2N2. The van der Waals surface area contributed by atoms with Gasteiger partial charge in [0.15, 0.2) is 0 Å². The summed E-state index contributed by atoms with van der Waals surface area (Å²) in [5, 5.41) is 0. The zero-order valence-corrected chi connectivity index (χ0v) is 16.8. The Morgan fingerprint density at radius 1 is 0.625 bits per heavy atom. The van der Waals surface area contributed by atoms with E-state index in [0.717, 1.165) is 8.95 Å². The molecule has 4 rings (SSSR count). The van der Waals surface area contributed by atoms with Gasteiger partial charge in [-0.25, -0.2) is 0 Å². The smallest absolute Gasteiger partial charge is 0.0494 e. The van der Waals surface area contributed by atoms with Crippen molar-refractivity contribution < 1.29 is 0 Å². The highest BCUT2D eigenvalue weighted by Crippen LogP contribution is 2.36. The molecule has 2 aliphatic heterocycles. The molecule has 0 unspecified atom stereocenters. The molecule has 0 spiro atoms. The van der Waals surface area contributed by atoms with Crippen LogP contribution in [0.3, 0.4) is 0 Å². The minimum atomic E-state index is 0.623. The number of hydrogen-bond donors (Lipinski definition) is 0. The minimum absolute atomic E-state index is 0.623. The predicted molar refractivity (Wildman–Crippen MR) is 109 cm³/mol. The molecule has 4 heteroatoms. The summed E-state index contributed by atoms with van der Waals surface area (Å²) in [6, 6.07) is 18.9. The van der Waals surface area contributed by atoms with Gasteiger partial charge in [0.05, 0.1) is 0 Å². The first kappa shape index (κ1) is 16.5. The molecule has 2 nitrogen and oxygen atoms in total. The average Bonchev–Trinajstić information content (AvgIpc) is 3.25. The number of hydrogen-bond acceptors (Lipinski definition) is 2. The fourth-order valence-electron chi connectivity index (χ4n) is 4.29. The maximum atomic E-state index is 3.55. The van der Waals surface area contributed by atoms with Gasteiger partial charge in [-0.15, -0.1) is 0 Å². The van der Waals surface area contributed by atoms with Crippen LogP contribution >= 0.6 is 31.9 Å². The summed E-state index contributed by atoms with van der Waals surface area (Å²) in [7, 11) is 0. The largest absolute Gasteiger partial charge is 0.366 e. The fraction of sp³-hybridized carbons (Fsp3) is 0.400. The van der Waals surface area contributed by atoms with E-state index in [2.05, 4.69) is 90.2 Å². The van der Waals surface area contributed by atoms with Gasteiger partial charge in [-0.1, -0.05) is 31.9 Å². The quantitative estimate of drug-likeness (QED) is 0.579. The monoisotopic (exact) mass is 448 g/mol. The maximum absolute atomic E-state index is 3.55. The molecule has 126 valence electrons. The Labute approximate surface area is 161 Å². The van der Waals surface area contributed by atoms with E-state index in [4.69, 9.17) is 0 Å². The number of benzene rings is 2. The summed E-state index contributed by atoms with van der Waals surface area (Å²) in [6.45, 7) is 2.36. The highest BCUT2D eigenvalue weighted by molar-refractivity contribution is 9.10. The van der Waals surface area contributed by atoms with Gasteiger partial charge in [0, 0.05) is 45.5 Å². The van der Waals surface area contributed by atoms with Crippen LogP contribution in [0.25, 0.3) is 0 Å². The number of rotatable bonds is 3. The first-order chi connectivity index (χ1) is 11.7. The van der Waals surface area contributed by atoms with Crippen LogP contribution < -0.4 is 9.80 Å². The van der Waals surface area contributed by atoms with Crippen molar-refractivity contribution in [3.63, 3.8) is 0 Å². The molecule has 2 aromatic rings. The van der Waals surface area contributed by atoms with Crippen molar-refractivity contribution >= 4 is 43.2 Å². The van der Waals surface area contributed by atoms with E-state index in [9.17, 15) is 0 Å². The molecule has 0 aromatic heterocycles. The van der Waals surface area contributed by atoms with Crippen LogP contribution in [0.5, 0.6) is 0 Å². The van der Waals surface area contributed by atoms with Gasteiger partial charge in [-0.2, -0.15) is 0 Å². The zero-order chi connectivity index (χ0) is 16.5. The molecule has 2 fully saturated rings.